The number of halogens is 1. The highest BCUT2D eigenvalue weighted by Gasteiger charge is 2.13. The van der Waals surface area contributed by atoms with E-state index in [4.69, 9.17) is 11.6 Å². The van der Waals surface area contributed by atoms with E-state index >= 15 is 0 Å². The molecule has 0 saturated heterocycles. The zero-order valence-corrected chi connectivity index (χ0v) is 12.6. The number of anilines is 2. The van der Waals surface area contributed by atoms with Crippen molar-refractivity contribution in [2.45, 2.75) is 19.8 Å². The summed E-state index contributed by atoms with van der Waals surface area (Å²) in [6.07, 6.45) is 2.23. The maximum Gasteiger partial charge on any atom is 0.257 e. The molecule has 0 atom stereocenters. The Morgan fingerprint density at radius 3 is 2.90 bits per heavy atom. The van der Waals surface area contributed by atoms with Gasteiger partial charge < -0.3 is 10.6 Å². The van der Waals surface area contributed by atoms with E-state index in [1.54, 1.807) is 12.1 Å². The minimum atomic E-state index is -0.184. The average molecular weight is 301 g/mol. The van der Waals surface area contributed by atoms with E-state index in [1.807, 2.05) is 25.1 Å². The number of aryl methyl sites for hydroxylation is 2. The lowest BCUT2D eigenvalue weighted by molar-refractivity contribution is 0.102. The zero-order valence-electron chi connectivity index (χ0n) is 11.9. The SMILES string of the molecule is Cc1ccc(C(=O)Nc2ccc3c(c2)NCCC3)c(Cl)c1. The molecule has 2 aromatic carbocycles. The molecule has 0 spiro atoms. The van der Waals surface area contributed by atoms with Crippen LogP contribution in [0.5, 0.6) is 0 Å². The number of hydrogen-bond acceptors (Lipinski definition) is 2. The van der Waals surface area contributed by atoms with Gasteiger partial charge in [-0.15, -0.1) is 0 Å². The maximum absolute atomic E-state index is 12.3. The Bertz CT molecular complexity index is 697. The van der Waals surface area contributed by atoms with Gasteiger partial charge in [-0.2, -0.15) is 0 Å². The van der Waals surface area contributed by atoms with Crippen LogP contribution in [-0.2, 0) is 6.42 Å². The normalized spacial score (nSPS) is 13.2. The highest BCUT2D eigenvalue weighted by molar-refractivity contribution is 6.34. The topological polar surface area (TPSA) is 41.1 Å². The van der Waals surface area contributed by atoms with Crippen molar-refractivity contribution in [3.05, 3.63) is 58.1 Å². The second kappa shape index (κ2) is 5.78. The molecule has 1 amide bonds. The Kier molecular flexibility index (Phi) is 3.84. The van der Waals surface area contributed by atoms with Gasteiger partial charge in [0.2, 0.25) is 0 Å². The summed E-state index contributed by atoms with van der Waals surface area (Å²) in [7, 11) is 0. The maximum atomic E-state index is 12.3. The van der Waals surface area contributed by atoms with Crippen molar-refractivity contribution in [1.29, 1.82) is 0 Å². The van der Waals surface area contributed by atoms with E-state index < -0.39 is 0 Å². The van der Waals surface area contributed by atoms with Gasteiger partial charge in [-0.1, -0.05) is 23.7 Å². The van der Waals surface area contributed by atoms with Crippen LogP contribution in [0.15, 0.2) is 36.4 Å². The molecule has 3 nitrogen and oxygen atoms in total. The van der Waals surface area contributed by atoms with Gasteiger partial charge in [0.15, 0.2) is 0 Å². The minimum Gasteiger partial charge on any atom is -0.385 e. The number of nitrogens with one attached hydrogen (secondary N) is 2. The third-order valence-corrected chi connectivity index (χ3v) is 3.99. The molecule has 4 heteroatoms. The van der Waals surface area contributed by atoms with Gasteiger partial charge in [0.1, 0.15) is 0 Å². The van der Waals surface area contributed by atoms with E-state index in [9.17, 15) is 4.79 Å². The smallest absolute Gasteiger partial charge is 0.257 e. The third kappa shape index (κ3) is 3.03. The highest BCUT2D eigenvalue weighted by Crippen LogP contribution is 2.26. The van der Waals surface area contributed by atoms with E-state index in [2.05, 4.69) is 16.7 Å². The molecule has 2 N–H and O–H groups in total. The number of amides is 1. The summed E-state index contributed by atoms with van der Waals surface area (Å²) in [6.45, 7) is 2.93. The van der Waals surface area contributed by atoms with Crippen LogP contribution in [-0.4, -0.2) is 12.5 Å². The Labute approximate surface area is 129 Å². The first-order chi connectivity index (χ1) is 10.1. The first kappa shape index (κ1) is 14.0. The number of benzene rings is 2. The fourth-order valence-electron chi connectivity index (χ4n) is 2.54. The van der Waals surface area contributed by atoms with E-state index in [1.165, 1.54) is 5.56 Å². The quantitative estimate of drug-likeness (QED) is 0.870. The minimum absolute atomic E-state index is 0.184. The predicted octanol–water partition coefficient (Wildman–Crippen LogP) is 4.26. The van der Waals surface area contributed by atoms with Crippen LogP contribution in [0.4, 0.5) is 11.4 Å². The lowest BCUT2D eigenvalue weighted by Gasteiger charge is -2.19. The van der Waals surface area contributed by atoms with Gasteiger partial charge in [-0.3, -0.25) is 4.79 Å². The predicted molar refractivity (Wildman–Crippen MR) is 87.4 cm³/mol. The summed E-state index contributed by atoms with van der Waals surface area (Å²) >= 11 is 6.13. The Balaban J connectivity index is 1.81. The molecule has 0 aromatic heterocycles. The highest BCUT2D eigenvalue weighted by atomic mass is 35.5. The second-order valence-electron chi connectivity index (χ2n) is 5.34. The molecule has 1 heterocycles. The Morgan fingerprint density at radius 2 is 2.10 bits per heavy atom. The molecular weight excluding hydrogens is 284 g/mol. The van der Waals surface area contributed by atoms with E-state index in [-0.39, 0.29) is 5.91 Å². The molecule has 108 valence electrons. The van der Waals surface area contributed by atoms with Crippen LogP contribution in [0.2, 0.25) is 5.02 Å². The fraction of sp³-hybridized carbons (Fsp3) is 0.235. The fourth-order valence-corrected chi connectivity index (χ4v) is 2.86. The molecule has 1 aliphatic rings. The van der Waals surface area contributed by atoms with Gasteiger partial charge in [0.25, 0.3) is 5.91 Å². The van der Waals surface area contributed by atoms with Gasteiger partial charge in [0.05, 0.1) is 10.6 Å². The molecule has 0 radical (unpaired) electrons. The molecule has 3 rings (SSSR count). The van der Waals surface area contributed by atoms with Gasteiger partial charge in [-0.05, 0) is 55.2 Å². The van der Waals surface area contributed by atoms with Crippen LogP contribution in [0, 0.1) is 6.92 Å². The van der Waals surface area contributed by atoms with Gasteiger partial charge >= 0.3 is 0 Å². The number of rotatable bonds is 2. The third-order valence-electron chi connectivity index (χ3n) is 3.68. The van der Waals surface area contributed by atoms with Crippen molar-refractivity contribution in [1.82, 2.24) is 0 Å². The van der Waals surface area contributed by atoms with Crippen molar-refractivity contribution in [2.75, 3.05) is 17.2 Å². The van der Waals surface area contributed by atoms with Crippen molar-refractivity contribution >= 4 is 28.9 Å². The summed E-state index contributed by atoms with van der Waals surface area (Å²) in [4.78, 5) is 12.3. The summed E-state index contributed by atoms with van der Waals surface area (Å²) in [5.74, 6) is -0.184. The average Bonchev–Trinajstić information content (AvgIpc) is 2.47. The molecule has 0 bridgehead atoms. The summed E-state index contributed by atoms with van der Waals surface area (Å²) in [6, 6.07) is 11.4. The monoisotopic (exact) mass is 300 g/mol. The Morgan fingerprint density at radius 1 is 1.24 bits per heavy atom. The van der Waals surface area contributed by atoms with Crippen LogP contribution >= 0.6 is 11.6 Å². The number of carbonyl (C=O) groups is 1. The molecule has 0 aliphatic carbocycles. The van der Waals surface area contributed by atoms with Crippen LogP contribution in [0.3, 0.4) is 0 Å². The largest absolute Gasteiger partial charge is 0.385 e. The van der Waals surface area contributed by atoms with E-state index in [0.29, 0.717) is 10.6 Å². The number of hydrogen-bond donors (Lipinski definition) is 2. The van der Waals surface area contributed by atoms with Crippen molar-refractivity contribution in [3.8, 4) is 0 Å². The second-order valence-corrected chi connectivity index (χ2v) is 5.75. The molecule has 21 heavy (non-hydrogen) atoms. The first-order valence-electron chi connectivity index (χ1n) is 7.08. The van der Waals surface area contributed by atoms with Crippen molar-refractivity contribution in [3.63, 3.8) is 0 Å². The lowest BCUT2D eigenvalue weighted by Crippen LogP contribution is -2.15. The Hall–Kier alpha value is -2.00. The van der Waals surface area contributed by atoms with Crippen LogP contribution < -0.4 is 10.6 Å². The summed E-state index contributed by atoms with van der Waals surface area (Å²) < 4.78 is 0. The standard InChI is InChI=1S/C17H17ClN2O/c1-11-4-7-14(15(18)9-11)17(21)20-13-6-5-12-3-2-8-19-16(12)10-13/h4-7,9-10,19H,2-3,8H2,1H3,(H,20,21). The summed E-state index contributed by atoms with van der Waals surface area (Å²) in [5, 5.41) is 6.74. The molecule has 0 unspecified atom stereocenters. The number of carbonyl (C=O) groups excluding carboxylic acids is 1. The molecular formula is C17H17ClN2O. The van der Waals surface area contributed by atoms with Gasteiger partial charge in [-0.25, -0.2) is 0 Å². The molecule has 0 fully saturated rings. The van der Waals surface area contributed by atoms with Crippen molar-refractivity contribution < 1.29 is 4.79 Å². The zero-order chi connectivity index (χ0) is 14.8. The van der Waals surface area contributed by atoms with E-state index in [0.717, 1.165) is 36.3 Å². The van der Waals surface area contributed by atoms with Crippen molar-refractivity contribution in [2.24, 2.45) is 0 Å². The molecule has 0 saturated carbocycles. The molecule has 1 aliphatic heterocycles. The lowest BCUT2D eigenvalue weighted by atomic mass is 10.0. The summed E-state index contributed by atoms with van der Waals surface area (Å²) in [5.41, 5.74) is 4.72. The molecule has 2 aromatic rings. The van der Waals surface area contributed by atoms with Gasteiger partial charge in [0, 0.05) is 17.9 Å². The number of fused-ring (bicyclic) bond motifs is 1. The van der Waals surface area contributed by atoms with Crippen LogP contribution in [0.1, 0.15) is 27.9 Å². The van der Waals surface area contributed by atoms with Crippen LogP contribution in [0.25, 0.3) is 0 Å². The first-order valence-corrected chi connectivity index (χ1v) is 7.45.